The molecule has 3 aromatic rings. The van der Waals surface area contributed by atoms with Gasteiger partial charge in [0.25, 0.3) is 5.91 Å². The van der Waals surface area contributed by atoms with Crippen LogP contribution in [0, 0.1) is 0 Å². The molecule has 0 aliphatic carbocycles. The first-order chi connectivity index (χ1) is 16.4. The van der Waals surface area contributed by atoms with Crippen molar-refractivity contribution in [3.63, 3.8) is 0 Å². The largest absolute Gasteiger partial charge is 0.481 e. The van der Waals surface area contributed by atoms with Gasteiger partial charge in [-0.2, -0.15) is 0 Å². The number of nitrogens with zero attached hydrogens (tertiary/aromatic N) is 4. The molecule has 4 rings (SSSR count). The Morgan fingerprint density at radius 3 is 2.56 bits per heavy atom. The van der Waals surface area contributed by atoms with Gasteiger partial charge in [-0.25, -0.2) is 9.78 Å². The van der Waals surface area contributed by atoms with Gasteiger partial charge in [0.1, 0.15) is 11.7 Å². The number of fused-ring (bicyclic) bond motifs is 1. The summed E-state index contributed by atoms with van der Waals surface area (Å²) in [5, 5.41) is 12.9. The predicted octanol–water partition coefficient (Wildman–Crippen LogP) is 1.35. The number of carboxylic acid groups (broad SMARTS) is 1. The maximum Gasteiger partial charge on any atom is 0.357 e. The molecule has 1 aliphatic heterocycles. The van der Waals surface area contributed by atoms with Crippen LogP contribution in [-0.4, -0.2) is 69.5 Å². The Morgan fingerprint density at radius 1 is 1.09 bits per heavy atom. The van der Waals surface area contributed by atoms with Crippen molar-refractivity contribution in [3.8, 4) is 0 Å². The van der Waals surface area contributed by atoms with E-state index in [2.05, 4.69) is 10.3 Å². The zero-order valence-electron chi connectivity index (χ0n) is 18.4. The molecule has 1 saturated heterocycles. The molecule has 0 bridgehead atoms. The van der Waals surface area contributed by atoms with Crippen molar-refractivity contribution in [2.45, 2.75) is 18.9 Å². The van der Waals surface area contributed by atoms with Gasteiger partial charge in [0.2, 0.25) is 5.91 Å². The van der Waals surface area contributed by atoms with E-state index in [4.69, 9.17) is 9.94 Å². The molecule has 2 N–H and O–H groups in total. The molecule has 3 heterocycles. The summed E-state index contributed by atoms with van der Waals surface area (Å²) in [5.41, 5.74) is 1.29. The maximum atomic E-state index is 13.4. The number of carboxylic acids is 1. The van der Waals surface area contributed by atoms with Gasteiger partial charge in [0, 0.05) is 26.2 Å². The fraction of sp³-hybridized carbons (Fsp3) is 0.261. The van der Waals surface area contributed by atoms with E-state index in [1.165, 1.54) is 17.0 Å². The van der Waals surface area contributed by atoms with Crippen molar-refractivity contribution in [2.24, 2.45) is 0 Å². The SMILES string of the molecule is CNC(=O)c1ccc2nc(N3CCN(OC(=O)c4ccccc4)C(CCC(=O)O)C3=O)cn2c1. The average molecular weight is 465 g/mol. The number of nitrogens with one attached hydrogen (secondary N) is 1. The Hall–Kier alpha value is -4.25. The number of carbonyl (C=O) groups is 4. The van der Waals surface area contributed by atoms with Crippen molar-refractivity contribution in [3.05, 3.63) is 66.0 Å². The van der Waals surface area contributed by atoms with E-state index in [0.717, 1.165) is 0 Å². The first kappa shape index (κ1) is 22.9. The highest BCUT2D eigenvalue weighted by molar-refractivity contribution is 5.98. The second-order valence-electron chi connectivity index (χ2n) is 7.69. The van der Waals surface area contributed by atoms with E-state index in [1.54, 1.807) is 59.3 Å². The van der Waals surface area contributed by atoms with Gasteiger partial charge in [-0.1, -0.05) is 18.2 Å². The molecule has 0 saturated carbocycles. The number of hydrogen-bond acceptors (Lipinski definition) is 7. The molecule has 0 radical (unpaired) electrons. The fourth-order valence-electron chi connectivity index (χ4n) is 3.75. The van der Waals surface area contributed by atoms with Gasteiger partial charge in [0.05, 0.1) is 23.9 Å². The van der Waals surface area contributed by atoms with Gasteiger partial charge in [-0.3, -0.25) is 19.3 Å². The molecule has 11 heteroatoms. The highest BCUT2D eigenvalue weighted by Crippen LogP contribution is 2.24. The van der Waals surface area contributed by atoms with Gasteiger partial charge in [-0.05, 0) is 30.7 Å². The van der Waals surface area contributed by atoms with Crippen molar-refractivity contribution in [2.75, 3.05) is 25.0 Å². The summed E-state index contributed by atoms with van der Waals surface area (Å²) in [6.07, 6.45) is 2.92. The van der Waals surface area contributed by atoms with Crippen LogP contribution in [0.1, 0.15) is 33.6 Å². The van der Waals surface area contributed by atoms with Crippen LogP contribution in [0.4, 0.5) is 5.82 Å². The van der Waals surface area contributed by atoms with Crippen LogP contribution >= 0.6 is 0 Å². The van der Waals surface area contributed by atoms with Crippen molar-refractivity contribution < 1.29 is 29.1 Å². The lowest BCUT2D eigenvalue weighted by Gasteiger charge is -2.38. The predicted molar refractivity (Wildman–Crippen MR) is 120 cm³/mol. The van der Waals surface area contributed by atoms with Gasteiger partial charge < -0.3 is 19.7 Å². The lowest BCUT2D eigenvalue weighted by atomic mass is 10.1. The van der Waals surface area contributed by atoms with Crippen LogP contribution < -0.4 is 10.2 Å². The highest BCUT2D eigenvalue weighted by atomic mass is 16.7. The fourth-order valence-corrected chi connectivity index (χ4v) is 3.75. The number of imidazole rings is 1. The number of piperazine rings is 1. The minimum atomic E-state index is -1.06. The van der Waals surface area contributed by atoms with Crippen LogP contribution in [0.3, 0.4) is 0 Å². The number of hydrogen-bond donors (Lipinski definition) is 2. The maximum absolute atomic E-state index is 13.4. The summed E-state index contributed by atoms with van der Waals surface area (Å²) in [5.74, 6) is -2.02. The minimum absolute atomic E-state index is 0.0407. The summed E-state index contributed by atoms with van der Waals surface area (Å²) >= 11 is 0. The first-order valence-electron chi connectivity index (χ1n) is 10.7. The van der Waals surface area contributed by atoms with Crippen LogP contribution in [-0.2, 0) is 14.4 Å². The third kappa shape index (κ3) is 4.74. The van der Waals surface area contributed by atoms with E-state index >= 15 is 0 Å². The standard InChI is InChI=1S/C23H23N5O6/c1-24-21(31)16-7-9-18-25-19(14-26(18)13-16)27-11-12-28(17(22(27)32)8-10-20(29)30)34-23(33)15-5-3-2-4-6-15/h2-7,9,13-14,17H,8,10-12H2,1H3,(H,24,31)(H,29,30). The van der Waals surface area contributed by atoms with E-state index in [-0.39, 0.29) is 31.8 Å². The molecule has 176 valence electrons. The summed E-state index contributed by atoms with van der Waals surface area (Å²) < 4.78 is 1.64. The number of anilines is 1. The Labute approximate surface area is 194 Å². The minimum Gasteiger partial charge on any atom is -0.481 e. The summed E-state index contributed by atoms with van der Waals surface area (Å²) in [6, 6.07) is 10.7. The Bertz CT molecular complexity index is 1240. The van der Waals surface area contributed by atoms with Crippen molar-refractivity contribution in [1.29, 1.82) is 0 Å². The van der Waals surface area contributed by atoms with Gasteiger partial charge in [0.15, 0.2) is 5.82 Å². The van der Waals surface area contributed by atoms with Gasteiger partial charge >= 0.3 is 11.9 Å². The number of carbonyl (C=O) groups excluding carboxylic acids is 3. The molecule has 2 aromatic heterocycles. The summed E-state index contributed by atoms with van der Waals surface area (Å²) in [6.45, 7) is 0.350. The molecule has 11 nitrogen and oxygen atoms in total. The van der Waals surface area contributed by atoms with E-state index < -0.39 is 23.9 Å². The van der Waals surface area contributed by atoms with Crippen LogP contribution in [0.15, 0.2) is 54.9 Å². The van der Waals surface area contributed by atoms with E-state index in [1.807, 2.05) is 0 Å². The Kier molecular flexibility index (Phi) is 6.55. The van der Waals surface area contributed by atoms with E-state index in [0.29, 0.717) is 22.6 Å². The van der Waals surface area contributed by atoms with Crippen molar-refractivity contribution in [1.82, 2.24) is 19.8 Å². The third-order valence-electron chi connectivity index (χ3n) is 5.49. The second-order valence-corrected chi connectivity index (χ2v) is 7.69. The number of amides is 2. The number of hydroxylamine groups is 2. The lowest BCUT2D eigenvalue weighted by molar-refractivity contribution is -0.164. The molecule has 1 fully saturated rings. The molecule has 34 heavy (non-hydrogen) atoms. The first-order valence-corrected chi connectivity index (χ1v) is 10.7. The summed E-state index contributed by atoms with van der Waals surface area (Å²) in [4.78, 5) is 60.4. The number of rotatable bonds is 7. The van der Waals surface area contributed by atoms with Crippen LogP contribution in [0.2, 0.25) is 0 Å². The second kappa shape index (κ2) is 9.71. The summed E-state index contributed by atoms with van der Waals surface area (Å²) in [7, 11) is 1.53. The third-order valence-corrected chi connectivity index (χ3v) is 5.49. The highest BCUT2D eigenvalue weighted by Gasteiger charge is 2.39. The topological polar surface area (TPSA) is 134 Å². The quantitative estimate of drug-likeness (QED) is 0.534. The number of aliphatic carboxylic acids is 1. The van der Waals surface area contributed by atoms with E-state index in [9.17, 15) is 19.2 Å². The number of pyridine rings is 1. The monoisotopic (exact) mass is 465 g/mol. The molecule has 1 atom stereocenters. The van der Waals surface area contributed by atoms with Crippen LogP contribution in [0.5, 0.6) is 0 Å². The normalized spacial score (nSPS) is 16.4. The Balaban J connectivity index is 1.57. The van der Waals surface area contributed by atoms with Gasteiger partial charge in [-0.15, -0.1) is 5.06 Å². The Morgan fingerprint density at radius 2 is 1.85 bits per heavy atom. The molecule has 1 aromatic carbocycles. The molecule has 1 unspecified atom stereocenters. The zero-order valence-corrected chi connectivity index (χ0v) is 18.4. The molecule has 0 spiro atoms. The molecular formula is C23H23N5O6. The van der Waals surface area contributed by atoms with Crippen molar-refractivity contribution >= 4 is 35.2 Å². The molecule has 1 aliphatic rings. The number of aromatic nitrogens is 2. The van der Waals surface area contributed by atoms with Crippen LogP contribution in [0.25, 0.3) is 5.65 Å². The lowest BCUT2D eigenvalue weighted by Crippen LogP contribution is -2.57. The zero-order chi connectivity index (χ0) is 24.2. The molecule has 2 amide bonds. The molecular weight excluding hydrogens is 442 g/mol. The number of benzene rings is 1. The smallest absolute Gasteiger partial charge is 0.357 e. The average Bonchev–Trinajstić information content (AvgIpc) is 3.26.